The predicted molar refractivity (Wildman–Crippen MR) is 125 cm³/mol. The molecule has 4 unspecified atom stereocenters. The van der Waals surface area contributed by atoms with E-state index < -0.39 is 12.2 Å². The van der Waals surface area contributed by atoms with E-state index in [2.05, 4.69) is 33.8 Å². The van der Waals surface area contributed by atoms with Gasteiger partial charge in [-0.2, -0.15) is 0 Å². The third-order valence-corrected chi connectivity index (χ3v) is 11.7. The van der Waals surface area contributed by atoms with E-state index in [9.17, 15) is 15.0 Å². The molecule has 0 bridgehead atoms. The first-order chi connectivity index (χ1) is 15.1. The second-order valence-corrected chi connectivity index (χ2v) is 12.9. The molecule has 0 aromatic carbocycles. The van der Waals surface area contributed by atoms with Crippen LogP contribution in [-0.2, 0) is 9.53 Å². The van der Waals surface area contributed by atoms with Crippen molar-refractivity contribution in [2.45, 2.75) is 97.7 Å². The lowest BCUT2D eigenvalue weighted by molar-refractivity contribution is -0.191. The minimum atomic E-state index is -0.614. The summed E-state index contributed by atoms with van der Waals surface area (Å²) in [6, 6.07) is 0. The fraction of sp³-hybridized carbons (Fsp3) is 0.893. The van der Waals surface area contributed by atoms with Crippen molar-refractivity contribution in [1.82, 2.24) is 0 Å². The van der Waals surface area contributed by atoms with Crippen LogP contribution in [0.4, 0.5) is 0 Å². The Kier molecular flexibility index (Phi) is 5.41. The molecule has 4 nitrogen and oxygen atoms in total. The van der Waals surface area contributed by atoms with Crippen LogP contribution in [0.5, 0.6) is 0 Å². The number of allylic oxidation sites excluding steroid dienone is 2. The Morgan fingerprint density at radius 2 is 1.75 bits per heavy atom. The molecule has 5 aliphatic rings. The smallest absolute Gasteiger partial charge is 0.312 e. The van der Waals surface area contributed by atoms with Crippen LogP contribution in [0.1, 0.15) is 85.5 Å². The van der Waals surface area contributed by atoms with Gasteiger partial charge < -0.3 is 14.9 Å². The van der Waals surface area contributed by atoms with Gasteiger partial charge in [0.2, 0.25) is 0 Å². The van der Waals surface area contributed by atoms with Crippen molar-refractivity contribution < 1.29 is 19.7 Å². The van der Waals surface area contributed by atoms with E-state index in [1.807, 2.05) is 0 Å². The SMILES string of the molecule is COC(=O)[C@@]12CCC3C(=CCC4[C@@]3(C)CCC3[C@@H](C)[C@@H](O)[C@H](O)C[C@@]34C)C1C[C@@H](C)CC2. The molecular weight excluding hydrogens is 400 g/mol. The maximum atomic E-state index is 13.1. The Morgan fingerprint density at radius 1 is 1.03 bits per heavy atom. The van der Waals surface area contributed by atoms with Gasteiger partial charge >= 0.3 is 5.97 Å². The first-order valence-corrected chi connectivity index (χ1v) is 13.2. The molecule has 0 aromatic rings. The summed E-state index contributed by atoms with van der Waals surface area (Å²) in [5, 5.41) is 21.3. The van der Waals surface area contributed by atoms with Crippen LogP contribution in [0.3, 0.4) is 0 Å². The fourth-order valence-electron chi connectivity index (χ4n) is 10.0. The van der Waals surface area contributed by atoms with Gasteiger partial charge in [-0.3, -0.25) is 4.79 Å². The summed E-state index contributed by atoms with van der Waals surface area (Å²) in [5.41, 5.74) is 1.52. The summed E-state index contributed by atoms with van der Waals surface area (Å²) >= 11 is 0. The lowest BCUT2D eigenvalue weighted by Gasteiger charge is -2.66. The summed E-state index contributed by atoms with van der Waals surface area (Å²) in [5.74, 6) is 2.70. The molecule has 180 valence electrons. The maximum Gasteiger partial charge on any atom is 0.312 e. The number of carbonyl (C=O) groups is 1. The third kappa shape index (κ3) is 2.90. The Labute approximate surface area is 194 Å². The minimum absolute atomic E-state index is 0.0231. The van der Waals surface area contributed by atoms with Crippen LogP contribution in [0.25, 0.3) is 0 Å². The van der Waals surface area contributed by atoms with Gasteiger partial charge in [-0.25, -0.2) is 0 Å². The van der Waals surface area contributed by atoms with Gasteiger partial charge in [-0.1, -0.05) is 39.3 Å². The number of aliphatic hydroxyl groups is 2. The zero-order valence-electron chi connectivity index (χ0n) is 20.8. The average Bonchev–Trinajstić information content (AvgIpc) is 2.76. The monoisotopic (exact) mass is 444 g/mol. The fourth-order valence-corrected chi connectivity index (χ4v) is 10.0. The molecule has 0 aliphatic heterocycles. The lowest BCUT2D eigenvalue weighted by atomic mass is 9.38. The van der Waals surface area contributed by atoms with Crippen molar-refractivity contribution in [1.29, 1.82) is 0 Å². The van der Waals surface area contributed by atoms with Gasteiger partial charge in [0, 0.05) is 0 Å². The number of hydrogen-bond donors (Lipinski definition) is 2. The van der Waals surface area contributed by atoms with Crippen LogP contribution < -0.4 is 0 Å². The molecule has 5 rings (SSSR count). The molecule has 4 heteroatoms. The molecule has 0 heterocycles. The first-order valence-electron chi connectivity index (χ1n) is 13.2. The van der Waals surface area contributed by atoms with Crippen LogP contribution in [0.15, 0.2) is 11.6 Å². The van der Waals surface area contributed by atoms with Crippen LogP contribution in [0.2, 0.25) is 0 Å². The van der Waals surface area contributed by atoms with Crippen molar-refractivity contribution in [2.75, 3.05) is 7.11 Å². The van der Waals surface area contributed by atoms with E-state index in [0.717, 1.165) is 44.9 Å². The van der Waals surface area contributed by atoms with Crippen LogP contribution >= 0.6 is 0 Å². The quantitative estimate of drug-likeness (QED) is 0.435. The largest absolute Gasteiger partial charge is 0.469 e. The van der Waals surface area contributed by atoms with E-state index in [-0.39, 0.29) is 28.1 Å². The summed E-state index contributed by atoms with van der Waals surface area (Å²) in [4.78, 5) is 13.1. The molecule has 32 heavy (non-hydrogen) atoms. The van der Waals surface area contributed by atoms with Crippen molar-refractivity contribution >= 4 is 5.97 Å². The van der Waals surface area contributed by atoms with Crippen molar-refractivity contribution in [3.8, 4) is 0 Å². The third-order valence-electron chi connectivity index (χ3n) is 11.7. The van der Waals surface area contributed by atoms with Gasteiger partial charge in [0.05, 0.1) is 24.7 Å². The number of aliphatic hydroxyl groups excluding tert-OH is 2. The Hall–Kier alpha value is -0.870. The van der Waals surface area contributed by atoms with Gasteiger partial charge in [-0.05, 0) is 104 Å². The number of rotatable bonds is 1. The van der Waals surface area contributed by atoms with Crippen LogP contribution in [-0.4, -0.2) is 35.5 Å². The predicted octanol–water partition coefficient (Wildman–Crippen LogP) is 5.12. The van der Waals surface area contributed by atoms with Gasteiger partial charge in [0.15, 0.2) is 0 Å². The molecule has 0 spiro atoms. The summed E-state index contributed by atoms with van der Waals surface area (Å²) in [6.07, 6.45) is 10.7. The number of ether oxygens (including phenoxy) is 1. The second kappa shape index (κ2) is 7.57. The van der Waals surface area contributed by atoms with E-state index in [4.69, 9.17) is 4.74 Å². The van der Waals surface area contributed by atoms with Gasteiger partial charge in [-0.15, -0.1) is 0 Å². The van der Waals surface area contributed by atoms with Crippen LogP contribution in [0, 0.1) is 51.8 Å². The summed E-state index contributed by atoms with van der Waals surface area (Å²) in [6.45, 7) is 9.43. The number of hydrogen-bond acceptors (Lipinski definition) is 4. The molecule has 0 amide bonds. The lowest BCUT2D eigenvalue weighted by Crippen LogP contribution is -2.62. The molecule has 0 saturated heterocycles. The molecule has 0 aromatic heterocycles. The molecule has 4 saturated carbocycles. The van der Waals surface area contributed by atoms with E-state index in [0.29, 0.717) is 36.0 Å². The van der Waals surface area contributed by atoms with E-state index >= 15 is 0 Å². The molecule has 11 atom stereocenters. The molecule has 2 N–H and O–H groups in total. The number of fused-ring (bicyclic) bond motifs is 7. The highest BCUT2D eigenvalue weighted by Gasteiger charge is 2.64. The molecule has 4 fully saturated rings. The number of carbonyl (C=O) groups excluding carboxylic acids is 1. The van der Waals surface area contributed by atoms with Crippen molar-refractivity contribution in [3.63, 3.8) is 0 Å². The maximum absolute atomic E-state index is 13.1. The summed E-state index contributed by atoms with van der Waals surface area (Å²) < 4.78 is 5.40. The highest BCUT2D eigenvalue weighted by molar-refractivity contribution is 5.78. The van der Waals surface area contributed by atoms with Crippen molar-refractivity contribution in [3.05, 3.63) is 11.6 Å². The number of esters is 1. The average molecular weight is 445 g/mol. The minimum Gasteiger partial charge on any atom is -0.469 e. The molecule has 0 radical (unpaired) electrons. The Morgan fingerprint density at radius 3 is 2.47 bits per heavy atom. The zero-order chi connectivity index (χ0) is 23.1. The standard InChI is InChI=1S/C28H44O4/c1-16-8-12-28(25(31)32-5)13-10-20-18(21(28)14-16)6-7-23-26(20,3)11-9-19-17(2)24(30)22(29)15-27(19,23)4/h6,16-17,19-24,29-30H,7-15H2,1-5H3/t16-,17+,19?,20?,21?,22+,23?,24+,26-,27-,28-/m0/s1. The van der Waals surface area contributed by atoms with Gasteiger partial charge in [0.1, 0.15) is 0 Å². The molecule has 5 aliphatic carbocycles. The second-order valence-electron chi connectivity index (χ2n) is 12.9. The van der Waals surface area contributed by atoms with Crippen molar-refractivity contribution in [2.24, 2.45) is 51.8 Å². The Bertz CT molecular complexity index is 805. The molecular formula is C28H44O4. The highest BCUT2D eigenvalue weighted by atomic mass is 16.5. The van der Waals surface area contributed by atoms with E-state index in [1.165, 1.54) is 6.42 Å². The normalized spacial score (nSPS) is 54.9. The summed E-state index contributed by atoms with van der Waals surface area (Å²) in [7, 11) is 1.57. The first kappa shape index (κ1) is 22.9. The zero-order valence-corrected chi connectivity index (χ0v) is 20.8. The van der Waals surface area contributed by atoms with Gasteiger partial charge in [0.25, 0.3) is 0 Å². The number of methoxy groups -OCH3 is 1. The van der Waals surface area contributed by atoms with E-state index in [1.54, 1.807) is 12.7 Å². The Balaban J connectivity index is 1.53. The highest BCUT2D eigenvalue weighted by Crippen LogP contribution is 2.70. The topological polar surface area (TPSA) is 66.8 Å².